The number of ether oxygens (including phenoxy) is 1. The number of fused-ring (bicyclic) bond motifs is 2. The molecule has 25 heavy (non-hydrogen) atoms. The first-order chi connectivity index (χ1) is 12.3. The van der Waals surface area contributed by atoms with Gasteiger partial charge in [0.15, 0.2) is 0 Å². The number of methoxy groups -OCH3 is 1. The largest absolute Gasteiger partial charge is 0.497 e. The summed E-state index contributed by atoms with van der Waals surface area (Å²) in [5.41, 5.74) is 6.94. The molecule has 4 rings (SSSR count). The van der Waals surface area contributed by atoms with Gasteiger partial charge in [0.2, 0.25) is 0 Å². The number of pyridine rings is 1. The smallest absolute Gasteiger partial charge is 0.118 e. The highest BCUT2D eigenvalue weighted by Gasteiger charge is 2.19. The Balaban J connectivity index is 1.71. The van der Waals surface area contributed by atoms with Gasteiger partial charge in [0, 0.05) is 36.2 Å². The average molecular weight is 326 g/mol. The topological polar surface area (TPSA) is 34.5 Å². The Morgan fingerprint density at radius 1 is 0.960 bits per heavy atom. The third-order valence-electron chi connectivity index (χ3n) is 4.39. The van der Waals surface area contributed by atoms with Crippen LogP contribution in [0, 0.1) is 0 Å². The van der Waals surface area contributed by atoms with Gasteiger partial charge in [0.05, 0.1) is 12.8 Å². The molecule has 0 unspecified atom stereocenters. The van der Waals surface area contributed by atoms with E-state index in [-0.39, 0.29) is 0 Å². The van der Waals surface area contributed by atoms with Crippen LogP contribution in [-0.4, -0.2) is 18.3 Å². The summed E-state index contributed by atoms with van der Waals surface area (Å²) in [7, 11) is 1.67. The van der Waals surface area contributed by atoms with Gasteiger partial charge in [-0.15, -0.1) is 0 Å². The molecule has 0 amide bonds. The van der Waals surface area contributed by atoms with E-state index in [4.69, 9.17) is 4.74 Å². The van der Waals surface area contributed by atoms with E-state index in [2.05, 4.69) is 40.3 Å². The zero-order valence-electron chi connectivity index (χ0n) is 14.0. The number of hydrogen-bond acceptors (Lipinski definition) is 3. The summed E-state index contributed by atoms with van der Waals surface area (Å²) < 4.78 is 5.18. The van der Waals surface area contributed by atoms with E-state index in [1.165, 1.54) is 11.1 Å². The van der Waals surface area contributed by atoms with E-state index in [1.54, 1.807) is 7.11 Å². The van der Waals surface area contributed by atoms with Crippen molar-refractivity contribution in [3.8, 4) is 5.75 Å². The maximum Gasteiger partial charge on any atom is 0.118 e. The van der Waals surface area contributed by atoms with Crippen LogP contribution in [0.25, 0.3) is 5.57 Å². The summed E-state index contributed by atoms with van der Waals surface area (Å²) in [4.78, 5) is 9.11. The highest BCUT2D eigenvalue weighted by Crippen LogP contribution is 2.34. The van der Waals surface area contributed by atoms with E-state index < -0.39 is 0 Å². The Kier molecular flexibility index (Phi) is 4.13. The van der Waals surface area contributed by atoms with Gasteiger partial charge in [0.1, 0.15) is 5.75 Å². The zero-order chi connectivity index (χ0) is 17.1. The van der Waals surface area contributed by atoms with Crippen LogP contribution in [0.2, 0.25) is 0 Å². The summed E-state index contributed by atoms with van der Waals surface area (Å²) in [6, 6.07) is 20.4. The van der Waals surface area contributed by atoms with Gasteiger partial charge in [-0.3, -0.25) is 9.98 Å². The van der Waals surface area contributed by atoms with E-state index in [1.807, 2.05) is 48.9 Å². The minimum absolute atomic E-state index is 0.844. The second kappa shape index (κ2) is 6.73. The summed E-state index contributed by atoms with van der Waals surface area (Å²) >= 11 is 0. The number of aliphatic imine (C=N–C) groups is 1. The summed E-state index contributed by atoms with van der Waals surface area (Å²) in [6.45, 7) is 0. The maximum atomic E-state index is 5.18. The molecule has 122 valence electrons. The third-order valence-corrected chi connectivity index (χ3v) is 4.39. The molecule has 1 aliphatic carbocycles. The highest BCUT2D eigenvalue weighted by molar-refractivity contribution is 5.87. The summed E-state index contributed by atoms with van der Waals surface area (Å²) in [6.07, 6.45) is 6.51. The van der Waals surface area contributed by atoms with Gasteiger partial charge >= 0.3 is 0 Å². The van der Waals surface area contributed by atoms with Gasteiger partial charge in [-0.1, -0.05) is 30.3 Å². The monoisotopic (exact) mass is 326 g/mol. The molecule has 1 aliphatic rings. The van der Waals surface area contributed by atoms with Crippen molar-refractivity contribution in [3.05, 3.63) is 101 Å². The van der Waals surface area contributed by atoms with Gasteiger partial charge in [-0.25, -0.2) is 0 Å². The van der Waals surface area contributed by atoms with E-state index >= 15 is 0 Å². The van der Waals surface area contributed by atoms with Crippen LogP contribution >= 0.6 is 0 Å². The molecule has 0 N–H and O–H groups in total. The highest BCUT2D eigenvalue weighted by atomic mass is 16.5. The van der Waals surface area contributed by atoms with Crippen LogP contribution in [0.4, 0.5) is 0 Å². The minimum atomic E-state index is 0.844. The molecular formula is C22H18N2O. The Morgan fingerprint density at radius 3 is 2.60 bits per heavy atom. The van der Waals surface area contributed by atoms with E-state index in [0.29, 0.717) is 0 Å². The molecule has 3 heteroatoms. The second-order valence-corrected chi connectivity index (χ2v) is 5.93. The molecule has 0 saturated carbocycles. The fourth-order valence-electron chi connectivity index (χ4n) is 3.11. The lowest BCUT2D eigenvalue weighted by molar-refractivity contribution is 0.415. The van der Waals surface area contributed by atoms with Crippen LogP contribution < -0.4 is 4.74 Å². The fourth-order valence-corrected chi connectivity index (χ4v) is 3.11. The predicted molar refractivity (Wildman–Crippen MR) is 101 cm³/mol. The lowest BCUT2D eigenvalue weighted by Crippen LogP contribution is -2.08. The molecule has 0 saturated heterocycles. The zero-order valence-corrected chi connectivity index (χ0v) is 14.0. The molecule has 3 aromatic rings. The van der Waals surface area contributed by atoms with Crippen molar-refractivity contribution < 1.29 is 4.74 Å². The van der Waals surface area contributed by atoms with Crippen molar-refractivity contribution in [1.29, 1.82) is 0 Å². The SMILES string of the molecule is COc1ccc(C=N/C=C2\c3ccccc3Cc3ncccc32)cc1. The van der Waals surface area contributed by atoms with Crippen LogP contribution in [0.5, 0.6) is 5.75 Å². The van der Waals surface area contributed by atoms with Gasteiger partial charge in [0.25, 0.3) is 0 Å². The van der Waals surface area contributed by atoms with Gasteiger partial charge in [-0.2, -0.15) is 0 Å². The first kappa shape index (κ1) is 15.3. The quantitative estimate of drug-likeness (QED) is 0.519. The standard InChI is InChI=1S/C22H18N2O/c1-25-18-10-8-16(9-11-18)14-23-15-21-19-6-3-2-5-17(19)13-22-20(21)7-4-12-24-22/h2-12,14-15H,13H2,1H3/b21-15+,23-14?. The van der Waals surface area contributed by atoms with Crippen molar-refractivity contribution in [2.24, 2.45) is 4.99 Å². The molecular weight excluding hydrogens is 308 g/mol. The average Bonchev–Trinajstić information content (AvgIpc) is 2.68. The van der Waals surface area contributed by atoms with Crippen LogP contribution in [-0.2, 0) is 6.42 Å². The number of benzene rings is 2. The molecule has 0 radical (unpaired) electrons. The van der Waals surface area contributed by atoms with Crippen LogP contribution in [0.3, 0.4) is 0 Å². The Morgan fingerprint density at radius 2 is 1.76 bits per heavy atom. The molecule has 0 atom stereocenters. The fraction of sp³-hybridized carbons (Fsp3) is 0.0909. The second-order valence-electron chi connectivity index (χ2n) is 5.93. The van der Waals surface area contributed by atoms with Crippen molar-refractivity contribution >= 4 is 11.8 Å². The molecule has 0 aliphatic heterocycles. The normalized spacial score (nSPS) is 14.4. The van der Waals surface area contributed by atoms with Crippen LogP contribution in [0.15, 0.2) is 78.1 Å². The minimum Gasteiger partial charge on any atom is -0.497 e. The molecule has 0 bridgehead atoms. The van der Waals surface area contributed by atoms with Crippen molar-refractivity contribution in [3.63, 3.8) is 0 Å². The van der Waals surface area contributed by atoms with Crippen LogP contribution in [0.1, 0.15) is 27.9 Å². The van der Waals surface area contributed by atoms with E-state index in [9.17, 15) is 0 Å². The molecule has 1 heterocycles. The Bertz CT molecular complexity index is 908. The van der Waals surface area contributed by atoms with Gasteiger partial charge < -0.3 is 4.74 Å². The molecule has 2 aromatic carbocycles. The summed E-state index contributed by atoms with van der Waals surface area (Å²) in [5.74, 6) is 0.844. The number of hydrogen-bond donors (Lipinski definition) is 0. The van der Waals surface area contributed by atoms with E-state index in [0.717, 1.165) is 34.6 Å². The lowest BCUT2D eigenvalue weighted by atomic mass is 9.85. The number of nitrogens with zero attached hydrogens (tertiary/aromatic N) is 2. The van der Waals surface area contributed by atoms with Gasteiger partial charge in [-0.05, 0) is 47.0 Å². The van der Waals surface area contributed by atoms with Crippen molar-refractivity contribution in [2.75, 3.05) is 7.11 Å². The molecule has 0 spiro atoms. The third kappa shape index (κ3) is 3.09. The number of aromatic nitrogens is 1. The summed E-state index contributed by atoms with van der Waals surface area (Å²) in [5, 5.41) is 0. The maximum absolute atomic E-state index is 5.18. The Hall–Kier alpha value is -3.20. The molecule has 0 fully saturated rings. The molecule has 3 nitrogen and oxygen atoms in total. The van der Waals surface area contributed by atoms with Crippen molar-refractivity contribution in [2.45, 2.75) is 6.42 Å². The Labute approximate surface area is 147 Å². The first-order valence-electron chi connectivity index (χ1n) is 8.25. The van der Waals surface area contributed by atoms with Crippen molar-refractivity contribution in [1.82, 2.24) is 4.98 Å². The first-order valence-corrected chi connectivity index (χ1v) is 8.25. The number of rotatable bonds is 3. The lowest BCUT2D eigenvalue weighted by Gasteiger charge is -2.20. The molecule has 1 aromatic heterocycles. The predicted octanol–water partition coefficient (Wildman–Crippen LogP) is 4.50.